The molecule has 16 heavy (non-hydrogen) atoms. The fraction of sp³-hybridized carbons (Fsp3) is 0.909. The molecule has 0 rings (SSSR count). The molecule has 1 atom stereocenters. The quantitative estimate of drug-likeness (QED) is 0.409. The first-order chi connectivity index (χ1) is 7.26. The number of unbranched alkanes of at least 4 members (excludes halogenated alkanes) is 2. The molecule has 0 fully saturated rings. The van der Waals surface area contributed by atoms with Crippen LogP contribution in [0.25, 0.3) is 0 Å². The fourth-order valence-electron chi connectivity index (χ4n) is 0.835. The van der Waals surface area contributed by atoms with E-state index in [0.29, 0.717) is 12.8 Å². The smallest absolute Gasteiger partial charge is 0.332 e. The third kappa shape index (κ3) is 13.4. The number of rotatable bonds is 6. The Morgan fingerprint density at radius 3 is 1.94 bits per heavy atom. The van der Waals surface area contributed by atoms with E-state index in [1.165, 1.54) is 6.92 Å². The van der Waals surface area contributed by atoms with Gasteiger partial charge >= 0.3 is 5.97 Å². The summed E-state index contributed by atoms with van der Waals surface area (Å²) in [5, 5.41) is 34.0. The van der Waals surface area contributed by atoms with Gasteiger partial charge < -0.3 is 20.4 Å². The van der Waals surface area contributed by atoms with Crippen LogP contribution in [0.2, 0.25) is 0 Å². The first-order valence-electron chi connectivity index (χ1n) is 5.62. The summed E-state index contributed by atoms with van der Waals surface area (Å²) < 4.78 is 0. The molecule has 0 bridgehead atoms. The largest absolute Gasteiger partial charge is 0.479 e. The lowest BCUT2D eigenvalue weighted by Crippen LogP contribution is -2.26. The van der Waals surface area contributed by atoms with Crippen LogP contribution >= 0.6 is 0 Å². The van der Waals surface area contributed by atoms with E-state index < -0.39 is 17.9 Å². The van der Waals surface area contributed by atoms with Gasteiger partial charge in [0.2, 0.25) is 0 Å². The van der Waals surface area contributed by atoms with Crippen LogP contribution in [0.3, 0.4) is 0 Å². The summed E-state index contributed by atoms with van der Waals surface area (Å²) >= 11 is 0. The van der Waals surface area contributed by atoms with Crippen molar-refractivity contribution in [3.8, 4) is 0 Å². The van der Waals surface area contributed by atoms with Crippen molar-refractivity contribution in [3.63, 3.8) is 0 Å². The Bertz CT molecular complexity index is 177. The second-order valence-corrected chi connectivity index (χ2v) is 3.81. The number of hydrogen-bond donors (Lipinski definition) is 4. The Balaban J connectivity index is 0. The Morgan fingerprint density at radius 2 is 1.69 bits per heavy atom. The van der Waals surface area contributed by atoms with Gasteiger partial charge in [-0.25, -0.2) is 4.79 Å². The second kappa shape index (κ2) is 9.57. The predicted molar refractivity (Wildman–Crippen MR) is 60.9 cm³/mol. The zero-order valence-corrected chi connectivity index (χ0v) is 10.3. The van der Waals surface area contributed by atoms with Crippen molar-refractivity contribution in [3.05, 3.63) is 0 Å². The molecule has 5 heteroatoms. The Kier molecular flexibility index (Phi) is 10.6. The minimum atomic E-state index is -1.41. The van der Waals surface area contributed by atoms with Gasteiger partial charge in [0.25, 0.3) is 0 Å². The summed E-state index contributed by atoms with van der Waals surface area (Å²) in [6.07, 6.45) is 2.83. The van der Waals surface area contributed by atoms with Crippen molar-refractivity contribution in [1.29, 1.82) is 0 Å². The van der Waals surface area contributed by atoms with Crippen LogP contribution in [0.5, 0.6) is 0 Å². The fourth-order valence-corrected chi connectivity index (χ4v) is 0.835. The van der Waals surface area contributed by atoms with E-state index in [0.717, 1.165) is 19.3 Å². The molecule has 0 spiro atoms. The summed E-state index contributed by atoms with van der Waals surface area (Å²) in [7, 11) is 0. The number of aliphatic hydroxyl groups is 3. The average Bonchev–Trinajstić information content (AvgIpc) is 2.19. The minimum absolute atomic E-state index is 0.427. The van der Waals surface area contributed by atoms with E-state index in [2.05, 4.69) is 6.92 Å². The summed E-state index contributed by atoms with van der Waals surface area (Å²) in [5.74, 6) is -2.59. The van der Waals surface area contributed by atoms with Gasteiger partial charge in [-0.1, -0.05) is 26.7 Å². The van der Waals surface area contributed by atoms with Crippen LogP contribution in [0.15, 0.2) is 0 Å². The summed E-state index contributed by atoms with van der Waals surface area (Å²) in [6.45, 7) is 5.08. The molecule has 0 aliphatic rings. The first-order valence-corrected chi connectivity index (χ1v) is 5.62. The molecule has 0 radical (unpaired) electrons. The van der Waals surface area contributed by atoms with Crippen molar-refractivity contribution in [2.45, 2.75) is 64.8 Å². The number of aliphatic hydroxyl groups excluding tert-OH is 1. The maximum atomic E-state index is 9.45. The third-order valence-electron chi connectivity index (χ3n) is 2.10. The molecular formula is C11H24O5. The SMILES string of the molecule is CC(O)C(=O)O.CCCCCC(O)(O)CC. The topological polar surface area (TPSA) is 98.0 Å². The number of hydrogen-bond acceptors (Lipinski definition) is 4. The lowest BCUT2D eigenvalue weighted by molar-refractivity contribution is -0.167. The van der Waals surface area contributed by atoms with Crippen molar-refractivity contribution >= 4 is 5.97 Å². The average molecular weight is 236 g/mol. The van der Waals surface area contributed by atoms with E-state index in [1.807, 2.05) is 0 Å². The predicted octanol–water partition coefficient (Wildman–Crippen LogP) is 1.11. The second-order valence-electron chi connectivity index (χ2n) is 3.81. The van der Waals surface area contributed by atoms with Gasteiger partial charge in [-0.2, -0.15) is 0 Å². The van der Waals surface area contributed by atoms with Gasteiger partial charge in [-0.15, -0.1) is 0 Å². The van der Waals surface area contributed by atoms with Crippen molar-refractivity contribution in [1.82, 2.24) is 0 Å². The number of carboxylic acid groups (broad SMARTS) is 1. The standard InChI is InChI=1S/C8H18O2.C3H6O3/c1-3-5-6-7-8(9,10)4-2;1-2(4)3(5)6/h9-10H,3-7H2,1-2H3;2,4H,1H3,(H,5,6). The van der Waals surface area contributed by atoms with E-state index >= 15 is 0 Å². The van der Waals surface area contributed by atoms with Crippen molar-refractivity contribution < 1.29 is 25.2 Å². The van der Waals surface area contributed by atoms with Crippen LogP contribution in [-0.4, -0.2) is 38.3 Å². The molecule has 0 aromatic rings. The molecular weight excluding hydrogens is 212 g/mol. The van der Waals surface area contributed by atoms with Gasteiger partial charge in [-0.05, 0) is 19.8 Å². The maximum Gasteiger partial charge on any atom is 0.332 e. The summed E-state index contributed by atoms with van der Waals surface area (Å²) in [4.78, 5) is 9.45. The molecule has 0 saturated heterocycles. The molecule has 0 amide bonds. The Morgan fingerprint density at radius 1 is 1.25 bits per heavy atom. The van der Waals surface area contributed by atoms with E-state index in [1.54, 1.807) is 6.92 Å². The lowest BCUT2D eigenvalue weighted by atomic mass is 10.1. The highest BCUT2D eigenvalue weighted by Gasteiger charge is 2.18. The summed E-state index contributed by atoms with van der Waals surface area (Å²) in [6, 6.07) is 0. The molecule has 1 unspecified atom stereocenters. The van der Waals surface area contributed by atoms with Gasteiger partial charge in [0, 0.05) is 6.42 Å². The van der Waals surface area contributed by atoms with Crippen molar-refractivity contribution in [2.75, 3.05) is 0 Å². The van der Waals surface area contributed by atoms with Crippen molar-refractivity contribution in [2.24, 2.45) is 0 Å². The number of carboxylic acids is 1. The van der Waals surface area contributed by atoms with Crippen LogP contribution in [0.4, 0.5) is 0 Å². The molecule has 0 saturated carbocycles. The molecule has 4 N–H and O–H groups in total. The number of aliphatic carboxylic acids is 1. The van der Waals surface area contributed by atoms with E-state index in [4.69, 9.17) is 20.4 Å². The molecule has 0 aliphatic carbocycles. The van der Waals surface area contributed by atoms with Gasteiger partial charge in [-0.3, -0.25) is 0 Å². The van der Waals surface area contributed by atoms with Crippen LogP contribution in [0, 0.1) is 0 Å². The normalized spacial score (nSPS) is 12.6. The zero-order chi connectivity index (χ0) is 13.2. The molecule has 0 aromatic heterocycles. The molecule has 0 heterocycles. The lowest BCUT2D eigenvalue weighted by Gasteiger charge is -2.18. The van der Waals surface area contributed by atoms with Crippen LogP contribution < -0.4 is 0 Å². The van der Waals surface area contributed by atoms with Crippen LogP contribution in [0.1, 0.15) is 52.9 Å². The molecule has 5 nitrogen and oxygen atoms in total. The van der Waals surface area contributed by atoms with Gasteiger partial charge in [0.05, 0.1) is 0 Å². The van der Waals surface area contributed by atoms with E-state index in [9.17, 15) is 4.79 Å². The zero-order valence-electron chi connectivity index (χ0n) is 10.3. The third-order valence-corrected chi connectivity index (χ3v) is 2.10. The molecule has 98 valence electrons. The Hall–Kier alpha value is -0.650. The monoisotopic (exact) mass is 236 g/mol. The minimum Gasteiger partial charge on any atom is -0.479 e. The summed E-state index contributed by atoms with van der Waals surface area (Å²) in [5.41, 5.74) is 0. The van der Waals surface area contributed by atoms with E-state index in [-0.39, 0.29) is 0 Å². The highest BCUT2D eigenvalue weighted by atomic mass is 16.5. The molecule has 0 aromatic carbocycles. The Labute approximate surface area is 96.7 Å². The maximum absolute atomic E-state index is 9.45. The first kappa shape index (κ1) is 17.7. The highest BCUT2D eigenvalue weighted by molar-refractivity contribution is 5.71. The molecule has 0 aliphatic heterocycles. The van der Waals surface area contributed by atoms with Crippen LogP contribution in [-0.2, 0) is 4.79 Å². The van der Waals surface area contributed by atoms with Gasteiger partial charge in [0.15, 0.2) is 5.79 Å². The van der Waals surface area contributed by atoms with Gasteiger partial charge in [0.1, 0.15) is 6.10 Å². The highest BCUT2D eigenvalue weighted by Crippen LogP contribution is 2.14. The number of carbonyl (C=O) groups is 1.